The molecule has 2 N–H and O–H groups in total. The molecule has 2 aromatic rings. The molecule has 1 heterocycles. The van der Waals surface area contributed by atoms with E-state index >= 15 is 0 Å². The lowest BCUT2D eigenvalue weighted by Crippen LogP contribution is -2.17. The van der Waals surface area contributed by atoms with E-state index in [-0.39, 0.29) is 0 Å². The summed E-state index contributed by atoms with van der Waals surface area (Å²) < 4.78 is 0. The summed E-state index contributed by atoms with van der Waals surface area (Å²) in [6.07, 6.45) is 0.970. The number of carbonyl (C=O) groups is 1. The van der Waals surface area contributed by atoms with E-state index in [0.717, 1.165) is 17.7 Å². The molecule has 0 aliphatic rings. The number of aromatic carboxylic acids is 1. The summed E-state index contributed by atoms with van der Waals surface area (Å²) in [5.74, 6) is -0.879. The summed E-state index contributed by atoms with van der Waals surface area (Å²) in [7, 11) is 0. The second-order valence-corrected chi connectivity index (χ2v) is 5.70. The van der Waals surface area contributed by atoms with E-state index in [4.69, 9.17) is 5.11 Å². The van der Waals surface area contributed by atoms with E-state index in [1.165, 1.54) is 4.88 Å². The average Bonchev–Trinajstić information content (AvgIpc) is 2.81. The smallest absolute Gasteiger partial charge is 0.335 e. The number of anilines is 1. The minimum absolute atomic E-state index is 0.314. The second kappa shape index (κ2) is 5.89. The van der Waals surface area contributed by atoms with Gasteiger partial charge in [0, 0.05) is 23.0 Å². The highest BCUT2D eigenvalue weighted by atomic mass is 32.1. The zero-order valence-corrected chi connectivity index (χ0v) is 11.8. The van der Waals surface area contributed by atoms with Crippen LogP contribution >= 0.6 is 11.3 Å². The van der Waals surface area contributed by atoms with Crippen LogP contribution in [0.2, 0.25) is 0 Å². The molecule has 4 heteroatoms. The van der Waals surface area contributed by atoms with Gasteiger partial charge in [-0.15, -0.1) is 11.3 Å². The molecular formula is C15H17NO2S. The molecule has 0 radical (unpaired) electrons. The summed E-state index contributed by atoms with van der Waals surface area (Å²) in [4.78, 5) is 12.3. The SMILES string of the molecule is Cc1cc(NC(C)Cc2cccs2)ccc1C(=O)O. The van der Waals surface area contributed by atoms with Crippen LogP contribution in [0.1, 0.15) is 27.7 Å². The van der Waals surface area contributed by atoms with Crippen molar-refractivity contribution in [3.05, 3.63) is 51.7 Å². The Morgan fingerprint density at radius 1 is 1.42 bits per heavy atom. The number of nitrogens with one attached hydrogen (secondary N) is 1. The first-order valence-electron chi connectivity index (χ1n) is 6.19. The minimum atomic E-state index is -0.879. The summed E-state index contributed by atoms with van der Waals surface area (Å²) in [5, 5.41) is 14.5. The largest absolute Gasteiger partial charge is 0.478 e. The van der Waals surface area contributed by atoms with E-state index in [1.54, 1.807) is 17.4 Å². The van der Waals surface area contributed by atoms with Gasteiger partial charge in [0.15, 0.2) is 0 Å². The Morgan fingerprint density at radius 2 is 2.21 bits per heavy atom. The highest BCUT2D eigenvalue weighted by molar-refractivity contribution is 7.09. The molecule has 1 aromatic carbocycles. The lowest BCUT2D eigenvalue weighted by Gasteiger charge is -2.15. The van der Waals surface area contributed by atoms with Crippen LogP contribution < -0.4 is 5.32 Å². The van der Waals surface area contributed by atoms with Crippen LogP contribution in [0.5, 0.6) is 0 Å². The third-order valence-corrected chi connectivity index (χ3v) is 3.86. The molecular weight excluding hydrogens is 258 g/mol. The van der Waals surface area contributed by atoms with Gasteiger partial charge >= 0.3 is 5.97 Å². The lowest BCUT2D eigenvalue weighted by atomic mass is 10.1. The molecule has 0 aliphatic heterocycles. The van der Waals surface area contributed by atoms with Crippen LogP contribution in [0.15, 0.2) is 35.7 Å². The molecule has 1 unspecified atom stereocenters. The highest BCUT2D eigenvalue weighted by Crippen LogP contribution is 2.18. The molecule has 1 atom stereocenters. The Kier molecular flexibility index (Phi) is 4.22. The van der Waals surface area contributed by atoms with Crippen molar-refractivity contribution in [3.63, 3.8) is 0 Å². The zero-order valence-electron chi connectivity index (χ0n) is 11.0. The average molecular weight is 275 g/mol. The predicted octanol–water partition coefficient (Wildman–Crippen LogP) is 3.80. The van der Waals surface area contributed by atoms with Gasteiger partial charge in [-0.05, 0) is 49.1 Å². The summed E-state index contributed by atoms with van der Waals surface area (Å²) in [6.45, 7) is 3.94. The molecule has 0 spiro atoms. The molecule has 0 bridgehead atoms. The molecule has 0 aliphatic carbocycles. The normalized spacial score (nSPS) is 12.1. The van der Waals surface area contributed by atoms with Crippen molar-refractivity contribution in [1.29, 1.82) is 0 Å². The van der Waals surface area contributed by atoms with Crippen molar-refractivity contribution in [3.8, 4) is 0 Å². The maximum absolute atomic E-state index is 10.9. The predicted molar refractivity (Wildman–Crippen MR) is 79.2 cm³/mol. The fraction of sp³-hybridized carbons (Fsp3) is 0.267. The number of hydrogen-bond acceptors (Lipinski definition) is 3. The Hall–Kier alpha value is -1.81. The van der Waals surface area contributed by atoms with Crippen LogP contribution in [0.25, 0.3) is 0 Å². The molecule has 2 rings (SSSR count). The topological polar surface area (TPSA) is 49.3 Å². The van der Waals surface area contributed by atoms with Crippen LogP contribution in [-0.2, 0) is 6.42 Å². The minimum Gasteiger partial charge on any atom is -0.478 e. The number of aryl methyl sites for hydroxylation is 1. The van der Waals surface area contributed by atoms with Gasteiger partial charge in [-0.1, -0.05) is 6.07 Å². The molecule has 0 amide bonds. The van der Waals surface area contributed by atoms with Gasteiger partial charge in [0.1, 0.15) is 0 Å². The number of rotatable bonds is 5. The second-order valence-electron chi connectivity index (χ2n) is 4.66. The van der Waals surface area contributed by atoms with Crippen LogP contribution in [0.4, 0.5) is 5.69 Å². The van der Waals surface area contributed by atoms with Gasteiger partial charge in [-0.3, -0.25) is 0 Å². The van der Waals surface area contributed by atoms with Crippen molar-refractivity contribution in [2.45, 2.75) is 26.3 Å². The van der Waals surface area contributed by atoms with Crippen LogP contribution in [0, 0.1) is 6.92 Å². The van der Waals surface area contributed by atoms with E-state index in [1.807, 2.05) is 19.1 Å². The fourth-order valence-electron chi connectivity index (χ4n) is 2.06. The van der Waals surface area contributed by atoms with Crippen molar-refractivity contribution in [1.82, 2.24) is 0 Å². The quantitative estimate of drug-likeness (QED) is 0.872. The van der Waals surface area contributed by atoms with Gasteiger partial charge in [0.25, 0.3) is 0 Å². The molecule has 19 heavy (non-hydrogen) atoms. The van der Waals surface area contributed by atoms with E-state index < -0.39 is 5.97 Å². The molecule has 0 saturated heterocycles. The number of benzene rings is 1. The maximum atomic E-state index is 10.9. The molecule has 0 saturated carbocycles. The summed E-state index contributed by atoms with van der Waals surface area (Å²) in [5.41, 5.74) is 2.10. The number of carboxylic acids is 1. The Bertz CT molecular complexity index is 564. The Morgan fingerprint density at radius 3 is 2.79 bits per heavy atom. The van der Waals surface area contributed by atoms with Crippen molar-refractivity contribution >= 4 is 23.0 Å². The third-order valence-electron chi connectivity index (χ3n) is 2.96. The standard InChI is InChI=1S/C15H17NO2S/c1-10-8-12(5-6-14(10)15(17)18)16-11(2)9-13-4-3-7-19-13/h3-8,11,16H,9H2,1-2H3,(H,17,18). The first kappa shape index (κ1) is 13.6. The van der Waals surface area contributed by atoms with Gasteiger partial charge < -0.3 is 10.4 Å². The number of carboxylic acid groups (broad SMARTS) is 1. The molecule has 100 valence electrons. The monoisotopic (exact) mass is 275 g/mol. The Labute approximate surface area is 116 Å². The summed E-state index contributed by atoms with van der Waals surface area (Å²) >= 11 is 1.75. The fourth-order valence-corrected chi connectivity index (χ4v) is 2.89. The zero-order chi connectivity index (χ0) is 13.8. The lowest BCUT2D eigenvalue weighted by molar-refractivity contribution is 0.0696. The molecule has 3 nitrogen and oxygen atoms in total. The number of hydrogen-bond donors (Lipinski definition) is 2. The first-order chi connectivity index (χ1) is 9.06. The van der Waals surface area contributed by atoms with E-state index in [9.17, 15) is 4.79 Å². The summed E-state index contributed by atoms with van der Waals surface area (Å²) in [6, 6.07) is 9.85. The van der Waals surface area contributed by atoms with Crippen molar-refractivity contribution in [2.24, 2.45) is 0 Å². The van der Waals surface area contributed by atoms with E-state index in [0.29, 0.717) is 11.6 Å². The number of thiophene rings is 1. The van der Waals surface area contributed by atoms with Crippen molar-refractivity contribution in [2.75, 3.05) is 5.32 Å². The van der Waals surface area contributed by atoms with Crippen LogP contribution in [-0.4, -0.2) is 17.1 Å². The van der Waals surface area contributed by atoms with E-state index in [2.05, 4.69) is 29.8 Å². The van der Waals surface area contributed by atoms with Gasteiger partial charge in [0.05, 0.1) is 5.56 Å². The highest BCUT2D eigenvalue weighted by Gasteiger charge is 2.09. The Balaban J connectivity index is 2.03. The van der Waals surface area contributed by atoms with Crippen LogP contribution in [0.3, 0.4) is 0 Å². The maximum Gasteiger partial charge on any atom is 0.335 e. The third kappa shape index (κ3) is 3.58. The van der Waals surface area contributed by atoms with Gasteiger partial charge in [0.2, 0.25) is 0 Å². The van der Waals surface area contributed by atoms with Gasteiger partial charge in [-0.2, -0.15) is 0 Å². The van der Waals surface area contributed by atoms with Crippen molar-refractivity contribution < 1.29 is 9.90 Å². The molecule has 0 fully saturated rings. The molecule has 1 aromatic heterocycles. The first-order valence-corrected chi connectivity index (χ1v) is 7.07. The van der Waals surface area contributed by atoms with Gasteiger partial charge in [-0.25, -0.2) is 4.79 Å².